The molecule has 0 aromatic carbocycles. The zero-order valence-electron chi connectivity index (χ0n) is 11.6. The monoisotopic (exact) mass is 303 g/mol. The van der Waals surface area contributed by atoms with Gasteiger partial charge in [-0.25, -0.2) is 0 Å². The van der Waals surface area contributed by atoms with E-state index >= 15 is 0 Å². The van der Waals surface area contributed by atoms with Crippen molar-refractivity contribution in [2.45, 2.75) is 6.54 Å². The SMILES string of the molecule is O=C(c1ccc(=O)[nH]c1)N1CCN(Cc2cccs2)CC1. The van der Waals surface area contributed by atoms with Crippen molar-refractivity contribution in [2.75, 3.05) is 26.2 Å². The van der Waals surface area contributed by atoms with Crippen molar-refractivity contribution in [1.82, 2.24) is 14.8 Å². The Morgan fingerprint density at radius 1 is 1.19 bits per heavy atom. The first-order valence-electron chi connectivity index (χ1n) is 6.95. The molecule has 1 saturated heterocycles. The van der Waals surface area contributed by atoms with E-state index < -0.39 is 0 Å². The van der Waals surface area contributed by atoms with Crippen LogP contribution in [0.15, 0.2) is 40.6 Å². The van der Waals surface area contributed by atoms with E-state index in [1.54, 1.807) is 17.4 Å². The van der Waals surface area contributed by atoms with Gasteiger partial charge in [-0.15, -0.1) is 11.3 Å². The normalized spacial score (nSPS) is 16.1. The molecule has 1 aliphatic heterocycles. The first kappa shape index (κ1) is 14.0. The van der Waals surface area contributed by atoms with Crippen LogP contribution in [0.3, 0.4) is 0 Å². The summed E-state index contributed by atoms with van der Waals surface area (Å²) in [7, 11) is 0. The summed E-state index contributed by atoms with van der Waals surface area (Å²) in [6, 6.07) is 7.18. The number of aromatic amines is 1. The van der Waals surface area contributed by atoms with Crippen LogP contribution in [0.2, 0.25) is 0 Å². The Bertz CT molecular complexity index is 637. The van der Waals surface area contributed by atoms with Gasteiger partial charge >= 0.3 is 0 Å². The highest BCUT2D eigenvalue weighted by Gasteiger charge is 2.22. The molecule has 0 aliphatic carbocycles. The quantitative estimate of drug-likeness (QED) is 0.932. The van der Waals surface area contributed by atoms with E-state index in [1.807, 2.05) is 4.90 Å². The van der Waals surface area contributed by atoms with Gasteiger partial charge in [-0.05, 0) is 17.5 Å². The second-order valence-corrected chi connectivity index (χ2v) is 6.12. The van der Waals surface area contributed by atoms with E-state index in [4.69, 9.17) is 0 Å². The van der Waals surface area contributed by atoms with E-state index in [0.29, 0.717) is 5.56 Å². The van der Waals surface area contributed by atoms with E-state index in [1.165, 1.54) is 17.1 Å². The van der Waals surface area contributed by atoms with Crippen molar-refractivity contribution >= 4 is 17.2 Å². The van der Waals surface area contributed by atoms with Gasteiger partial charge in [-0.1, -0.05) is 6.07 Å². The fourth-order valence-electron chi connectivity index (χ4n) is 2.46. The summed E-state index contributed by atoms with van der Waals surface area (Å²) < 4.78 is 0. The molecule has 2 aromatic rings. The predicted molar refractivity (Wildman–Crippen MR) is 82.6 cm³/mol. The summed E-state index contributed by atoms with van der Waals surface area (Å²) >= 11 is 1.77. The Kier molecular flexibility index (Phi) is 4.17. The molecule has 0 bridgehead atoms. The molecule has 1 fully saturated rings. The van der Waals surface area contributed by atoms with Gasteiger partial charge in [0.2, 0.25) is 5.56 Å². The summed E-state index contributed by atoms with van der Waals surface area (Å²) in [5, 5.41) is 2.09. The lowest BCUT2D eigenvalue weighted by Gasteiger charge is -2.34. The third-order valence-electron chi connectivity index (χ3n) is 3.65. The molecule has 0 spiro atoms. The van der Waals surface area contributed by atoms with Crippen molar-refractivity contribution in [2.24, 2.45) is 0 Å². The summed E-state index contributed by atoms with van der Waals surface area (Å²) in [4.78, 5) is 31.5. The zero-order chi connectivity index (χ0) is 14.7. The van der Waals surface area contributed by atoms with Gasteiger partial charge in [-0.2, -0.15) is 0 Å². The number of pyridine rings is 1. The highest BCUT2D eigenvalue weighted by molar-refractivity contribution is 7.09. The Morgan fingerprint density at radius 2 is 2.00 bits per heavy atom. The van der Waals surface area contributed by atoms with E-state index in [2.05, 4.69) is 27.4 Å². The first-order chi connectivity index (χ1) is 10.2. The van der Waals surface area contributed by atoms with Gasteiger partial charge in [0, 0.05) is 49.9 Å². The lowest BCUT2D eigenvalue weighted by atomic mass is 10.2. The van der Waals surface area contributed by atoms with Crippen molar-refractivity contribution in [3.05, 3.63) is 56.6 Å². The molecule has 21 heavy (non-hydrogen) atoms. The van der Waals surface area contributed by atoms with Gasteiger partial charge < -0.3 is 9.88 Å². The minimum atomic E-state index is -0.188. The highest BCUT2D eigenvalue weighted by Crippen LogP contribution is 2.14. The number of hydrogen-bond acceptors (Lipinski definition) is 4. The number of thiophene rings is 1. The molecule has 3 heterocycles. The molecule has 0 atom stereocenters. The van der Waals surface area contributed by atoms with Crippen molar-refractivity contribution < 1.29 is 4.79 Å². The molecule has 1 amide bonds. The molecular weight excluding hydrogens is 286 g/mol. The number of amides is 1. The van der Waals surface area contributed by atoms with Crippen molar-refractivity contribution in [3.8, 4) is 0 Å². The molecule has 0 unspecified atom stereocenters. The minimum Gasteiger partial charge on any atom is -0.336 e. The van der Waals surface area contributed by atoms with E-state index in [0.717, 1.165) is 32.7 Å². The van der Waals surface area contributed by atoms with Crippen LogP contribution in [-0.2, 0) is 6.54 Å². The molecule has 0 saturated carbocycles. The molecule has 1 N–H and O–H groups in total. The standard InChI is InChI=1S/C15H17N3O2S/c19-14-4-3-12(10-16-14)15(20)18-7-5-17(6-8-18)11-13-2-1-9-21-13/h1-4,9-10H,5-8,11H2,(H,16,19). The van der Waals surface area contributed by atoms with Crippen LogP contribution in [0, 0.1) is 0 Å². The third-order valence-corrected chi connectivity index (χ3v) is 4.51. The maximum absolute atomic E-state index is 12.3. The maximum Gasteiger partial charge on any atom is 0.255 e. The zero-order valence-corrected chi connectivity index (χ0v) is 12.4. The van der Waals surface area contributed by atoms with Crippen LogP contribution in [-0.4, -0.2) is 46.9 Å². The van der Waals surface area contributed by atoms with Gasteiger partial charge in [0.1, 0.15) is 0 Å². The van der Waals surface area contributed by atoms with Crippen LogP contribution in [0.5, 0.6) is 0 Å². The highest BCUT2D eigenvalue weighted by atomic mass is 32.1. The molecule has 6 heteroatoms. The summed E-state index contributed by atoms with van der Waals surface area (Å²) in [6.07, 6.45) is 1.49. The molecule has 2 aromatic heterocycles. The lowest BCUT2D eigenvalue weighted by Crippen LogP contribution is -2.48. The Morgan fingerprint density at radius 3 is 2.62 bits per heavy atom. The van der Waals surface area contributed by atoms with Gasteiger partial charge in [0.25, 0.3) is 5.91 Å². The van der Waals surface area contributed by atoms with Crippen LogP contribution >= 0.6 is 11.3 Å². The summed E-state index contributed by atoms with van der Waals surface area (Å²) in [5.74, 6) is -0.0120. The number of piperazine rings is 1. The number of nitrogens with zero attached hydrogens (tertiary/aromatic N) is 2. The average Bonchev–Trinajstić information content (AvgIpc) is 3.01. The van der Waals surface area contributed by atoms with Crippen molar-refractivity contribution in [3.63, 3.8) is 0 Å². The maximum atomic E-state index is 12.3. The van der Waals surface area contributed by atoms with Crippen LogP contribution in [0.1, 0.15) is 15.2 Å². The lowest BCUT2D eigenvalue weighted by molar-refractivity contribution is 0.0629. The Hall–Kier alpha value is -1.92. The fourth-order valence-corrected chi connectivity index (χ4v) is 3.20. The van der Waals surface area contributed by atoms with Gasteiger partial charge in [0.15, 0.2) is 0 Å². The second kappa shape index (κ2) is 6.24. The topological polar surface area (TPSA) is 56.4 Å². The summed E-state index contributed by atoms with van der Waals surface area (Å²) in [5.41, 5.74) is 0.355. The predicted octanol–water partition coefficient (Wildman–Crippen LogP) is 1.39. The molecule has 3 rings (SSSR count). The molecule has 1 aliphatic rings. The fraction of sp³-hybridized carbons (Fsp3) is 0.333. The van der Waals surface area contributed by atoms with E-state index in [9.17, 15) is 9.59 Å². The van der Waals surface area contributed by atoms with E-state index in [-0.39, 0.29) is 11.5 Å². The van der Waals surface area contributed by atoms with Gasteiger partial charge in [0.05, 0.1) is 5.56 Å². The molecular formula is C15H17N3O2S. The third kappa shape index (κ3) is 3.40. The first-order valence-corrected chi connectivity index (χ1v) is 7.83. The smallest absolute Gasteiger partial charge is 0.255 e. The largest absolute Gasteiger partial charge is 0.336 e. The number of rotatable bonds is 3. The van der Waals surface area contributed by atoms with Crippen LogP contribution in [0.25, 0.3) is 0 Å². The number of nitrogens with one attached hydrogen (secondary N) is 1. The average molecular weight is 303 g/mol. The molecule has 110 valence electrons. The second-order valence-electron chi connectivity index (χ2n) is 5.09. The molecule has 0 radical (unpaired) electrons. The Labute approximate surface area is 126 Å². The number of aromatic nitrogens is 1. The van der Waals surface area contributed by atoms with Crippen LogP contribution in [0.4, 0.5) is 0 Å². The molecule has 5 nitrogen and oxygen atoms in total. The number of carbonyl (C=O) groups excluding carboxylic acids is 1. The van der Waals surface area contributed by atoms with Crippen molar-refractivity contribution in [1.29, 1.82) is 0 Å². The van der Waals surface area contributed by atoms with Gasteiger partial charge in [-0.3, -0.25) is 14.5 Å². The Balaban J connectivity index is 1.56. The number of hydrogen-bond donors (Lipinski definition) is 1. The van der Waals surface area contributed by atoms with Crippen LogP contribution < -0.4 is 5.56 Å². The minimum absolute atomic E-state index is 0.0120. The number of carbonyl (C=O) groups is 1. The summed E-state index contributed by atoms with van der Waals surface area (Å²) in [6.45, 7) is 4.17. The number of H-pyrrole nitrogens is 1.